The summed E-state index contributed by atoms with van der Waals surface area (Å²) in [5.74, 6) is 0.971. The lowest BCUT2D eigenvalue weighted by Crippen LogP contribution is -2.66. The van der Waals surface area contributed by atoms with E-state index in [-0.39, 0.29) is 51.4 Å². The molecule has 0 radical (unpaired) electrons. The lowest BCUT2D eigenvalue weighted by Gasteiger charge is -2.72. The lowest BCUT2D eigenvalue weighted by molar-refractivity contribution is -0.248. The number of hydrogen-bond donors (Lipinski definition) is 3. The van der Waals surface area contributed by atoms with Crippen LogP contribution in [0.1, 0.15) is 139 Å². The van der Waals surface area contributed by atoms with Crippen LogP contribution in [0, 0.1) is 56.2 Å². The molecule has 5 aliphatic carbocycles. The topological polar surface area (TPSA) is 122 Å². The summed E-state index contributed by atoms with van der Waals surface area (Å²) in [6.07, 6.45) is 12.9. The van der Waals surface area contributed by atoms with Gasteiger partial charge in [0.1, 0.15) is 6.10 Å². The zero-order valence-electron chi connectivity index (χ0n) is 30.0. The number of carbonyl (C=O) groups is 4. The van der Waals surface area contributed by atoms with Gasteiger partial charge >= 0.3 is 11.9 Å². The number of nitrogens with one attached hydrogen (secondary N) is 2. The number of amides is 2. The molecule has 2 amide bonds. The number of fused-ring (bicyclic) bond motifs is 7. The SMILES string of the molecule is CC(=O)NCCNC(=O)C[C@]12CCC[C@@H]1[C@H]1CCC3[C@@]4(C)CC[C@H](OC(=O)CC(C)(C)C(=O)O)C(C)(C)C4CC[C@@]3(C)[C@]1(C)CC2. The normalized spacial score (nSPS) is 41.2. The maximum Gasteiger partial charge on any atom is 0.309 e. The second-order valence-corrected chi connectivity index (χ2v) is 18.2. The van der Waals surface area contributed by atoms with Crippen molar-refractivity contribution in [2.45, 2.75) is 145 Å². The Hall–Kier alpha value is -2.12. The molecular weight excluding hydrogens is 580 g/mol. The Bertz CT molecular complexity index is 1230. The molecule has 8 heteroatoms. The van der Waals surface area contributed by atoms with Gasteiger partial charge in [-0.2, -0.15) is 0 Å². The Kier molecular flexibility index (Phi) is 9.25. The van der Waals surface area contributed by atoms with Crippen LogP contribution < -0.4 is 10.6 Å². The number of esters is 1. The quantitative estimate of drug-likeness (QED) is 0.186. The monoisotopic (exact) mass is 642 g/mol. The van der Waals surface area contributed by atoms with Gasteiger partial charge in [-0.05, 0) is 123 Å². The van der Waals surface area contributed by atoms with E-state index < -0.39 is 17.4 Å². The molecular formula is C38H62N2O6. The van der Waals surface area contributed by atoms with Gasteiger partial charge < -0.3 is 20.5 Å². The molecule has 3 N–H and O–H groups in total. The van der Waals surface area contributed by atoms with Gasteiger partial charge in [-0.3, -0.25) is 19.2 Å². The van der Waals surface area contributed by atoms with E-state index in [0.29, 0.717) is 43.2 Å². The predicted molar refractivity (Wildman–Crippen MR) is 178 cm³/mol. The summed E-state index contributed by atoms with van der Waals surface area (Å²) in [4.78, 5) is 49.1. The van der Waals surface area contributed by atoms with E-state index in [2.05, 4.69) is 45.3 Å². The highest BCUT2D eigenvalue weighted by molar-refractivity contribution is 5.81. The van der Waals surface area contributed by atoms with Crippen LogP contribution in [-0.4, -0.2) is 48.1 Å². The highest BCUT2D eigenvalue weighted by atomic mass is 16.5. The summed E-state index contributed by atoms with van der Waals surface area (Å²) >= 11 is 0. The largest absolute Gasteiger partial charge is 0.481 e. The zero-order valence-corrected chi connectivity index (χ0v) is 30.0. The average Bonchev–Trinajstić information content (AvgIpc) is 3.36. The van der Waals surface area contributed by atoms with Crippen molar-refractivity contribution in [1.82, 2.24) is 10.6 Å². The number of carboxylic acids is 1. The van der Waals surface area contributed by atoms with Crippen molar-refractivity contribution in [2.75, 3.05) is 13.1 Å². The second-order valence-electron chi connectivity index (χ2n) is 18.2. The van der Waals surface area contributed by atoms with E-state index in [9.17, 15) is 24.3 Å². The van der Waals surface area contributed by atoms with Crippen LogP contribution in [0.15, 0.2) is 0 Å². The molecule has 260 valence electrons. The number of hydrogen-bond acceptors (Lipinski definition) is 5. The Labute approximate surface area is 277 Å². The van der Waals surface area contributed by atoms with Crippen LogP contribution in [0.5, 0.6) is 0 Å². The van der Waals surface area contributed by atoms with Crippen molar-refractivity contribution < 1.29 is 29.0 Å². The smallest absolute Gasteiger partial charge is 0.309 e. The Morgan fingerprint density at radius 1 is 0.783 bits per heavy atom. The fraction of sp³-hybridized carbons (Fsp3) is 0.895. The summed E-state index contributed by atoms with van der Waals surface area (Å²) in [5.41, 5.74) is -0.603. The molecule has 2 unspecified atom stereocenters. The van der Waals surface area contributed by atoms with Crippen LogP contribution >= 0.6 is 0 Å². The van der Waals surface area contributed by atoms with Crippen molar-refractivity contribution in [3.05, 3.63) is 0 Å². The Balaban J connectivity index is 1.31. The predicted octanol–water partition coefficient (Wildman–Crippen LogP) is 6.90. The number of carbonyl (C=O) groups excluding carboxylic acids is 3. The summed E-state index contributed by atoms with van der Waals surface area (Å²) in [5, 5.41) is 15.4. The second kappa shape index (κ2) is 12.1. The van der Waals surface area contributed by atoms with Crippen molar-refractivity contribution in [2.24, 2.45) is 56.2 Å². The highest BCUT2D eigenvalue weighted by Gasteiger charge is 2.70. The fourth-order valence-electron chi connectivity index (χ4n) is 12.7. The fourth-order valence-corrected chi connectivity index (χ4v) is 12.7. The van der Waals surface area contributed by atoms with E-state index in [1.807, 2.05) is 0 Å². The van der Waals surface area contributed by atoms with Gasteiger partial charge in [-0.15, -0.1) is 0 Å². The minimum atomic E-state index is -1.14. The minimum Gasteiger partial charge on any atom is -0.481 e. The molecule has 0 aromatic rings. The summed E-state index contributed by atoms with van der Waals surface area (Å²) < 4.78 is 6.13. The molecule has 9 atom stereocenters. The maximum absolute atomic E-state index is 13.2. The number of rotatable bonds is 9. The van der Waals surface area contributed by atoms with E-state index in [4.69, 9.17) is 4.74 Å². The van der Waals surface area contributed by atoms with Crippen molar-refractivity contribution in [3.63, 3.8) is 0 Å². The Morgan fingerprint density at radius 3 is 2.15 bits per heavy atom. The van der Waals surface area contributed by atoms with Crippen LogP contribution in [0.25, 0.3) is 0 Å². The van der Waals surface area contributed by atoms with Crippen molar-refractivity contribution >= 4 is 23.8 Å². The van der Waals surface area contributed by atoms with Crippen molar-refractivity contribution in [1.29, 1.82) is 0 Å². The molecule has 0 heterocycles. The first-order chi connectivity index (χ1) is 21.3. The number of aliphatic carboxylic acids is 1. The number of carboxylic acid groups (broad SMARTS) is 1. The molecule has 46 heavy (non-hydrogen) atoms. The summed E-state index contributed by atoms with van der Waals surface area (Å²) in [6.45, 7) is 18.0. The first-order valence-electron chi connectivity index (χ1n) is 18.3. The third kappa shape index (κ3) is 5.69. The van der Waals surface area contributed by atoms with Crippen LogP contribution in [0.3, 0.4) is 0 Å². The molecule has 8 nitrogen and oxygen atoms in total. The third-order valence-electron chi connectivity index (χ3n) is 15.3. The lowest BCUT2D eigenvalue weighted by atomic mass is 9.32. The van der Waals surface area contributed by atoms with Crippen LogP contribution in [0.4, 0.5) is 0 Å². The van der Waals surface area contributed by atoms with Gasteiger partial charge in [-0.25, -0.2) is 0 Å². The molecule has 0 aliphatic heterocycles. The molecule has 5 rings (SSSR count). The first-order valence-corrected chi connectivity index (χ1v) is 18.3. The van der Waals surface area contributed by atoms with Gasteiger partial charge in [0, 0.05) is 31.8 Å². The van der Waals surface area contributed by atoms with Gasteiger partial charge in [0.15, 0.2) is 0 Å². The third-order valence-corrected chi connectivity index (χ3v) is 15.3. The average molecular weight is 643 g/mol. The highest BCUT2D eigenvalue weighted by Crippen LogP contribution is 2.77. The Morgan fingerprint density at radius 2 is 1.48 bits per heavy atom. The minimum absolute atomic E-state index is 0.0700. The standard InChI is InChI=1S/C38H62N2O6/c1-24(41)39-20-21-40-30(42)22-38-15-9-10-26(38)25-11-12-28-35(6)16-14-29(46-31(43)23-33(2,3)32(44)45)34(4,5)27(35)13-17-37(28,8)36(25,7)18-19-38/h25-29H,9-23H2,1-8H3,(H,39,41)(H,40,42)(H,44,45)/t25-,26-,27?,28?,29+,35+,36-,37-,38-/m1/s1. The van der Waals surface area contributed by atoms with Gasteiger partial charge in [0.2, 0.25) is 11.8 Å². The van der Waals surface area contributed by atoms with Crippen LogP contribution in [0.2, 0.25) is 0 Å². The summed E-state index contributed by atoms with van der Waals surface area (Å²) in [6, 6.07) is 0. The van der Waals surface area contributed by atoms with Gasteiger partial charge in [0.25, 0.3) is 0 Å². The van der Waals surface area contributed by atoms with E-state index in [1.165, 1.54) is 45.4 Å². The van der Waals surface area contributed by atoms with E-state index >= 15 is 0 Å². The molecule has 0 spiro atoms. The van der Waals surface area contributed by atoms with Gasteiger partial charge in [0.05, 0.1) is 11.8 Å². The molecule has 0 bridgehead atoms. The molecule has 0 saturated heterocycles. The molecule has 5 saturated carbocycles. The molecule has 5 aliphatic rings. The first kappa shape index (κ1) is 35.2. The number of ether oxygens (including phenoxy) is 1. The van der Waals surface area contributed by atoms with Crippen molar-refractivity contribution in [3.8, 4) is 0 Å². The zero-order chi connectivity index (χ0) is 33.9. The van der Waals surface area contributed by atoms with Crippen LogP contribution in [-0.2, 0) is 23.9 Å². The van der Waals surface area contributed by atoms with E-state index in [1.54, 1.807) is 13.8 Å². The van der Waals surface area contributed by atoms with E-state index in [0.717, 1.165) is 32.1 Å². The molecule has 5 fully saturated rings. The molecule has 0 aromatic carbocycles. The molecule has 0 aromatic heterocycles. The summed E-state index contributed by atoms with van der Waals surface area (Å²) in [7, 11) is 0. The maximum atomic E-state index is 13.2. The van der Waals surface area contributed by atoms with Gasteiger partial charge in [-0.1, -0.05) is 41.0 Å².